The van der Waals surface area contributed by atoms with Gasteiger partial charge in [0, 0.05) is 11.9 Å². The molecule has 1 aromatic heterocycles. The minimum atomic E-state index is 0.394. The van der Waals surface area contributed by atoms with Gasteiger partial charge in [0.2, 0.25) is 0 Å². The Bertz CT molecular complexity index is 602. The smallest absolute Gasteiger partial charge is 0.137 e. The van der Waals surface area contributed by atoms with E-state index < -0.39 is 0 Å². The molecule has 0 aliphatic carbocycles. The van der Waals surface area contributed by atoms with E-state index in [0.29, 0.717) is 11.9 Å². The van der Waals surface area contributed by atoms with Crippen molar-refractivity contribution < 1.29 is 4.74 Å². The Balaban J connectivity index is 2.13. The van der Waals surface area contributed by atoms with Gasteiger partial charge in [-0.1, -0.05) is 31.2 Å². The molecule has 2 heterocycles. The van der Waals surface area contributed by atoms with Gasteiger partial charge in [-0.3, -0.25) is 0 Å². The highest BCUT2D eigenvalue weighted by Crippen LogP contribution is 2.29. The first-order chi connectivity index (χ1) is 9.83. The molecular formula is C16H19ClN2O. The van der Waals surface area contributed by atoms with E-state index >= 15 is 0 Å². The third-order valence-corrected chi connectivity index (χ3v) is 4.15. The van der Waals surface area contributed by atoms with Gasteiger partial charge in [0.15, 0.2) is 0 Å². The Morgan fingerprint density at radius 1 is 1.40 bits per heavy atom. The van der Waals surface area contributed by atoms with Crippen molar-refractivity contribution >= 4 is 28.2 Å². The number of benzene rings is 1. The highest BCUT2D eigenvalue weighted by atomic mass is 35.5. The Labute approximate surface area is 124 Å². The fraction of sp³-hybridized carbons (Fsp3) is 0.438. The maximum absolute atomic E-state index is 6.00. The quantitative estimate of drug-likeness (QED) is 0.808. The molecule has 1 aliphatic heterocycles. The molecule has 0 radical (unpaired) electrons. The van der Waals surface area contributed by atoms with Crippen LogP contribution in [0.2, 0.25) is 0 Å². The van der Waals surface area contributed by atoms with Crippen LogP contribution in [0, 0.1) is 0 Å². The van der Waals surface area contributed by atoms with Crippen LogP contribution in [-0.4, -0.2) is 30.8 Å². The molecule has 4 heteroatoms. The van der Waals surface area contributed by atoms with Crippen LogP contribution < -0.4 is 4.90 Å². The van der Waals surface area contributed by atoms with Crippen molar-refractivity contribution in [2.45, 2.75) is 25.3 Å². The molecular weight excluding hydrogens is 272 g/mol. The van der Waals surface area contributed by atoms with Gasteiger partial charge in [0.1, 0.15) is 5.82 Å². The Kier molecular flexibility index (Phi) is 4.08. The van der Waals surface area contributed by atoms with Crippen LogP contribution in [0.25, 0.3) is 10.8 Å². The van der Waals surface area contributed by atoms with Crippen LogP contribution in [0.3, 0.4) is 0 Å². The number of hydrogen-bond acceptors (Lipinski definition) is 3. The van der Waals surface area contributed by atoms with Gasteiger partial charge in [-0.25, -0.2) is 4.98 Å². The molecule has 1 atom stereocenters. The minimum absolute atomic E-state index is 0.394. The number of morpholine rings is 1. The lowest BCUT2D eigenvalue weighted by atomic mass is 10.1. The number of hydrogen-bond donors (Lipinski definition) is 0. The van der Waals surface area contributed by atoms with Gasteiger partial charge < -0.3 is 9.64 Å². The first-order valence-corrected chi connectivity index (χ1v) is 7.66. The number of halogens is 1. The largest absolute Gasteiger partial charge is 0.377 e. The summed E-state index contributed by atoms with van der Waals surface area (Å²) in [6, 6.07) is 10.9. The summed E-state index contributed by atoms with van der Waals surface area (Å²) < 4.78 is 5.60. The number of alkyl halides is 1. The van der Waals surface area contributed by atoms with Gasteiger partial charge in [0.05, 0.1) is 30.8 Å². The lowest BCUT2D eigenvalue weighted by Crippen LogP contribution is -2.45. The van der Waals surface area contributed by atoms with Crippen LogP contribution in [0.4, 0.5) is 5.82 Å². The standard InChI is InChI=1S/C16H19ClN2O/c1-2-14-11-20-8-7-19(14)16-15-6-4-3-5-12(15)9-13(10-17)18-16/h3-6,9,14H,2,7-8,10-11H2,1H3. The summed E-state index contributed by atoms with van der Waals surface area (Å²) in [6.07, 6.45) is 1.06. The van der Waals surface area contributed by atoms with E-state index in [1.165, 1.54) is 10.8 Å². The molecule has 3 nitrogen and oxygen atoms in total. The Morgan fingerprint density at radius 3 is 3.05 bits per heavy atom. The number of fused-ring (bicyclic) bond motifs is 1. The van der Waals surface area contributed by atoms with E-state index in [1.807, 2.05) is 0 Å². The van der Waals surface area contributed by atoms with Crippen LogP contribution in [0.15, 0.2) is 30.3 Å². The third-order valence-electron chi connectivity index (χ3n) is 3.88. The number of anilines is 1. The van der Waals surface area contributed by atoms with E-state index in [-0.39, 0.29) is 0 Å². The van der Waals surface area contributed by atoms with E-state index in [2.05, 4.69) is 42.2 Å². The molecule has 0 amide bonds. The summed E-state index contributed by atoms with van der Waals surface area (Å²) >= 11 is 6.00. The van der Waals surface area contributed by atoms with E-state index in [9.17, 15) is 0 Å². The zero-order valence-electron chi connectivity index (χ0n) is 11.7. The lowest BCUT2D eigenvalue weighted by Gasteiger charge is -2.36. The number of ether oxygens (including phenoxy) is 1. The predicted octanol–water partition coefficient (Wildman–Crippen LogP) is 3.59. The Morgan fingerprint density at radius 2 is 2.25 bits per heavy atom. The second-order valence-corrected chi connectivity index (χ2v) is 5.39. The highest BCUT2D eigenvalue weighted by Gasteiger charge is 2.24. The molecule has 1 saturated heterocycles. The number of nitrogens with zero attached hydrogens (tertiary/aromatic N) is 2. The zero-order valence-corrected chi connectivity index (χ0v) is 12.4. The maximum atomic E-state index is 6.00. The molecule has 1 aliphatic rings. The molecule has 1 fully saturated rings. The fourth-order valence-electron chi connectivity index (χ4n) is 2.79. The molecule has 0 N–H and O–H groups in total. The molecule has 0 bridgehead atoms. The van der Waals surface area contributed by atoms with E-state index in [1.54, 1.807) is 0 Å². The van der Waals surface area contributed by atoms with E-state index in [0.717, 1.165) is 37.7 Å². The summed E-state index contributed by atoms with van der Waals surface area (Å²) in [6.45, 7) is 4.62. The summed E-state index contributed by atoms with van der Waals surface area (Å²) in [5.74, 6) is 1.49. The number of rotatable bonds is 3. The lowest BCUT2D eigenvalue weighted by molar-refractivity contribution is 0.0927. The van der Waals surface area contributed by atoms with Crippen molar-refractivity contribution in [1.82, 2.24) is 4.98 Å². The second-order valence-electron chi connectivity index (χ2n) is 5.12. The molecule has 3 rings (SSSR count). The van der Waals surface area contributed by atoms with Crippen LogP contribution in [0.5, 0.6) is 0 Å². The molecule has 0 saturated carbocycles. The fourth-order valence-corrected chi connectivity index (χ4v) is 2.93. The third kappa shape index (κ3) is 2.48. The van der Waals surface area contributed by atoms with Crippen LogP contribution in [0.1, 0.15) is 19.0 Å². The second kappa shape index (κ2) is 5.98. The van der Waals surface area contributed by atoms with Crippen molar-refractivity contribution in [3.63, 3.8) is 0 Å². The van der Waals surface area contributed by atoms with Gasteiger partial charge in [-0.05, 0) is 17.9 Å². The van der Waals surface area contributed by atoms with Crippen molar-refractivity contribution in [3.05, 3.63) is 36.0 Å². The van der Waals surface area contributed by atoms with Crippen molar-refractivity contribution in [1.29, 1.82) is 0 Å². The predicted molar refractivity (Wildman–Crippen MR) is 83.5 cm³/mol. The first kappa shape index (κ1) is 13.7. The molecule has 1 aromatic carbocycles. The van der Waals surface area contributed by atoms with Crippen molar-refractivity contribution in [2.24, 2.45) is 0 Å². The molecule has 0 spiro atoms. The van der Waals surface area contributed by atoms with E-state index in [4.69, 9.17) is 21.3 Å². The van der Waals surface area contributed by atoms with Crippen molar-refractivity contribution in [3.8, 4) is 0 Å². The van der Waals surface area contributed by atoms with Crippen LogP contribution in [-0.2, 0) is 10.6 Å². The summed E-state index contributed by atoms with van der Waals surface area (Å²) in [5.41, 5.74) is 0.932. The molecule has 2 aromatic rings. The van der Waals surface area contributed by atoms with Gasteiger partial charge in [-0.15, -0.1) is 11.6 Å². The Hall–Kier alpha value is -1.32. The normalized spacial score (nSPS) is 19.5. The van der Waals surface area contributed by atoms with Gasteiger partial charge in [-0.2, -0.15) is 0 Å². The zero-order chi connectivity index (χ0) is 13.9. The highest BCUT2D eigenvalue weighted by molar-refractivity contribution is 6.17. The molecule has 1 unspecified atom stereocenters. The monoisotopic (exact) mass is 290 g/mol. The topological polar surface area (TPSA) is 25.4 Å². The number of pyridine rings is 1. The van der Waals surface area contributed by atoms with Crippen LogP contribution >= 0.6 is 11.6 Å². The average molecular weight is 291 g/mol. The summed E-state index contributed by atoms with van der Waals surface area (Å²) in [5, 5.41) is 2.40. The van der Waals surface area contributed by atoms with Gasteiger partial charge >= 0.3 is 0 Å². The SMILES string of the molecule is CCC1COCCN1c1nc(CCl)cc2ccccc12. The van der Waals surface area contributed by atoms with Crippen molar-refractivity contribution in [2.75, 3.05) is 24.7 Å². The number of aromatic nitrogens is 1. The summed E-state index contributed by atoms with van der Waals surface area (Å²) in [7, 11) is 0. The molecule has 20 heavy (non-hydrogen) atoms. The summed E-state index contributed by atoms with van der Waals surface area (Å²) in [4.78, 5) is 7.16. The van der Waals surface area contributed by atoms with Gasteiger partial charge in [0.25, 0.3) is 0 Å². The minimum Gasteiger partial charge on any atom is -0.377 e. The maximum Gasteiger partial charge on any atom is 0.137 e. The molecule has 106 valence electrons. The first-order valence-electron chi connectivity index (χ1n) is 7.12. The average Bonchev–Trinajstić information content (AvgIpc) is 2.53.